The van der Waals surface area contributed by atoms with Crippen molar-refractivity contribution in [1.82, 2.24) is 10.3 Å². The van der Waals surface area contributed by atoms with Crippen LogP contribution in [0.3, 0.4) is 0 Å². The number of benzene rings is 2. The van der Waals surface area contributed by atoms with Crippen LogP contribution in [-0.4, -0.2) is 28.3 Å². The second-order valence-electron chi connectivity index (χ2n) is 7.76. The first-order valence-corrected chi connectivity index (χ1v) is 11.0. The summed E-state index contributed by atoms with van der Waals surface area (Å²) in [7, 11) is 1.35. The molecule has 4 aromatic rings. The summed E-state index contributed by atoms with van der Waals surface area (Å²) in [6.07, 6.45) is 1.73. The summed E-state index contributed by atoms with van der Waals surface area (Å²) in [5.74, 6) is 1.01. The molecule has 1 saturated heterocycles. The van der Waals surface area contributed by atoms with Crippen molar-refractivity contribution in [3.05, 3.63) is 102 Å². The summed E-state index contributed by atoms with van der Waals surface area (Å²) in [6.45, 7) is 0. The number of esters is 1. The van der Waals surface area contributed by atoms with Crippen LogP contribution in [0, 0.1) is 0 Å². The lowest BCUT2D eigenvalue weighted by atomic mass is 10.0. The fourth-order valence-electron chi connectivity index (χ4n) is 4.13. The minimum Gasteiger partial charge on any atom is -0.506 e. The molecule has 1 fully saturated rings. The van der Waals surface area contributed by atoms with E-state index in [0.29, 0.717) is 27.9 Å². The first-order valence-electron chi connectivity index (χ1n) is 10.6. The second kappa shape index (κ2) is 8.99. The standard InChI is InChI=1S/C26H21N3O4S/c1-32-25(31)17-11-9-16(10-12-17)21-13-14-22(33-21)24-23(18-6-4-5-15-27-18)28-26(34)29(24)19-7-2-3-8-20(19)30/h2-15,23-24,30H,1H3,(H,28,34)/t23-,24+/m1/s1. The largest absolute Gasteiger partial charge is 0.506 e. The van der Waals surface area contributed by atoms with Crippen LogP contribution in [0.25, 0.3) is 11.3 Å². The number of phenols is 1. The van der Waals surface area contributed by atoms with Gasteiger partial charge in [0.15, 0.2) is 5.11 Å². The molecular weight excluding hydrogens is 450 g/mol. The van der Waals surface area contributed by atoms with Gasteiger partial charge < -0.3 is 24.5 Å². The van der Waals surface area contributed by atoms with Crippen LogP contribution in [0.1, 0.15) is 33.9 Å². The minimum absolute atomic E-state index is 0.114. The Balaban J connectivity index is 1.56. The fourth-order valence-corrected chi connectivity index (χ4v) is 4.47. The van der Waals surface area contributed by atoms with E-state index < -0.39 is 12.0 Å². The molecule has 0 radical (unpaired) electrons. The van der Waals surface area contributed by atoms with Gasteiger partial charge in [-0.2, -0.15) is 0 Å². The third-order valence-electron chi connectivity index (χ3n) is 5.75. The summed E-state index contributed by atoms with van der Waals surface area (Å²) in [6, 6.07) is 22.8. The molecule has 8 heteroatoms. The van der Waals surface area contributed by atoms with Gasteiger partial charge in [-0.1, -0.05) is 30.3 Å². The van der Waals surface area contributed by atoms with E-state index in [1.165, 1.54) is 7.11 Å². The molecule has 2 aromatic carbocycles. The van der Waals surface area contributed by atoms with E-state index in [-0.39, 0.29) is 11.8 Å². The molecule has 1 aliphatic rings. The van der Waals surface area contributed by atoms with Gasteiger partial charge >= 0.3 is 5.97 Å². The SMILES string of the molecule is COC(=O)c1ccc(-c2ccc([C@H]3[C@@H](c4ccccn4)NC(=S)N3c3ccccc3O)o2)cc1. The number of nitrogens with one attached hydrogen (secondary N) is 1. The first-order chi connectivity index (χ1) is 16.6. The zero-order valence-electron chi connectivity index (χ0n) is 18.2. The predicted octanol–water partition coefficient (Wildman–Crippen LogP) is 5.01. The molecule has 2 aromatic heterocycles. The van der Waals surface area contributed by atoms with E-state index in [1.54, 1.807) is 30.5 Å². The molecule has 2 N–H and O–H groups in total. The van der Waals surface area contributed by atoms with Crippen LogP contribution < -0.4 is 10.2 Å². The molecule has 0 saturated carbocycles. The van der Waals surface area contributed by atoms with Crippen LogP contribution in [0.2, 0.25) is 0 Å². The Bertz CT molecular complexity index is 1340. The molecular formula is C26H21N3O4S. The lowest BCUT2D eigenvalue weighted by Crippen LogP contribution is -2.29. The highest BCUT2D eigenvalue weighted by Gasteiger charge is 2.43. The Kier molecular flexibility index (Phi) is 5.73. The Morgan fingerprint density at radius 3 is 2.53 bits per heavy atom. The van der Waals surface area contributed by atoms with Gasteiger partial charge in [-0.05, 0) is 60.7 Å². The van der Waals surface area contributed by atoms with Gasteiger partial charge in [-0.25, -0.2) is 4.79 Å². The van der Waals surface area contributed by atoms with Crippen molar-refractivity contribution in [2.75, 3.05) is 12.0 Å². The lowest BCUT2D eigenvalue weighted by Gasteiger charge is -2.26. The number of aromatic hydroxyl groups is 1. The average molecular weight is 472 g/mol. The number of aromatic nitrogens is 1. The number of hydrogen-bond donors (Lipinski definition) is 2. The normalized spacial score (nSPS) is 17.4. The van der Waals surface area contributed by atoms with Crippen LogP contribution in [0.15, 0.2) is 89.5 Å². The summed E-state index contributed by atoms with van der Waals surface area (Å²) in [5.41, 5.74) is 2.65. The summed E-state index contributed by atoms with van der Waals surface area (Å²) >= 11 is 5.68. The van der Waals surface area contributed by atoms with E-state index in [0.717, 1.165) is 11.3 Å². The van der Waals surface area contributed by atoms with Crippen molar-refractivity contribution in [2.24, 2.45) is 0 Å². The number of rotatable bonds is 5. The molecule has 5 rings (SSSR count). The number of para-hydroxylation sites is 2. The quantitative estimate of drug-likeness (QED) is 0.310. The average Bonchev–Trinajstić information content (AvgIpc) is 3.49. The highest BCUT2D eigenvalue weighted by Crippen LogP contribution is 2.45. The molecule has 0 aliphatic carbocycles. The molecule has 1 aliphatic heterocycles. The molecule has 0 spiro atoms. The number of methoxy groups -OCH3 is 1. The van der Waals surface area contributed by atoms with Gasteiger partial charge in [0.05, 0.1) is 30.1 Å². The molecule has 3 heterocycles. The zero-order chi connectivity index (χ0) is 23.7. The monoisotopic (exact) mass is 471 g/mol. The smallest absolute Gasteiger partial charge is 0.337 e. The molecule has 0 bridgehead atoms. The number of carbonyl (C=O) groups excluding carboxylic acids is 1. The number of pyridine rings is 1. The third kappa shape index (κ3) is 3.88. The van der Waals surface area contributed by atoms with Gasteiger partial charge in [0.2, 0.25) is 0 Å². The highest BCUT2D eigenvalue weighted by molar-refractivity contribution is 7.80. The Morgan fingerprint density at radius 2 is 1.82 bits per heavy atom. The number of nitrogens with zero attached hydrogens (tertiary/aromatic N) is 2. The first kappa shape index (κ1) is 21.7. The Morgan fingerprint density at radius 1 is 1.06 bits per heavy atom. The minimum atomic E-state index is -0.395. The second-order valence-corrected chi connectivity index (χ2v) is 8.14. The van der Waals surface area contributed by atoms with Crippen molar-refractivity contribution in [2.45, 2.75) is 12.1 Å². The van der Waals surface area contributed by atoms with Crippen LogP contribution in [-0.2, 0) is 4.74 Å². The van der Waals surface area contributed by atoms with Gasteiger partial charge in [-0.15, -0.1) is 0 Å². The molecule has 170 valence electrons. The van der Waals surface area contributed by atoms with Crippen LogP contribution in [0.4, 0.5) is 5.69 Å². The molecule has 2 atom stereocenters. The summed E-state index contributed by atoms with van der Waals surface area (Å²) in [4.78, 5) is 18.1. The van der Waals surface area contributed by atoms with Crippen molar-refractivity contribution in [1.29, 1.82) is 0 Å². The third-order valence-corrected chi connectivity index (χ3v) is 6.06. The highest BCUT2D eigenvalue weighted by atomic mass is 32.1. The predicted molar refractivity (Wildman–Crippen MR) is 132 cm³/mol. The maximum absolute atomic E-state index is 11.7. The van der Waals surface area contributed by atoms with E-state index in [1.807, 2.05) is 59.5 Å². The number of carbonyl (C=O) groups is 1. The number of phenolic OH excluding ortho intramolecular Hbond substituents is 1. The van der Waals surface area contributed by atoms with E-state index in [9.17, 15) is 9.90 Å². The van der Waals surface area contributed by atoms with Crippen molar-refractivity contribution < 1.29 is 19.1 Å². The fraction of sp³-hybridized carbons (Fsp3) is 0.115. The van der Waals surface area contributed by atoms with Gasteiger partial charge in [0, 0.05) is 11.8 Å². The van der Waals surface area contributed by atoms with Crippen LogP contribution >= 0.6 is 12.2 Å². The maximum atomic E-state index is 11.7. The lowest BCUT2D eigenvalue weighted by molar-refractivity contribution is 0.0600. The van der Waals surface area contributed by atoms with Crippen molar-refractivity contribution in [3.63, 3.8) is 0 Å². The summed E-state index contributed by atoms with van der Waals surface area (Å²) < 4.78 is 11.1. The molecule has 34 heavy (non-hydrogen) atoms. The number of hydrogen-bond acceptors (Lipinski definition) is 6. The van der Waals surface area contributed by atoms with Crippen molar-refractivity contribution >= 4 is 29.0 Å². The molecule has 0 amide bonds. The van der Waals surface area contributed by atoms with E-state index in [4.69, 9.17) is 21.4 Å². The zero-order valence-corrected chi connectivity index (χ0v) is 19.0. The topological polar surface area (TPSA) is 87.8 Å². The molecule has 7 nitrogen and oxygen atoms in total. The molecule has 0 unspecified atom stereocenters. The number of anilines is 1. The van der Waals surface area contributed by atoms with Gasteiger partial charge in [0.25, 0.3) is 0 Å². The Hall–Kier alpha value is -4.17. The number of thiocarbonyl (C=S) groups is 1. The number of furan rings is 1. The van der Waals surface area contributed by atoms with Gasteiger partial charge in [-0.3, -0.25) is 4.98 Å². The van der Waals surface area contributed by atoms with Crippen LogP contribution in [0.5, 0.6) is 5.75 Å². The summed E-state index contributed by atoms with van der Waals surface area (Å²) in [5, 5.41) is 14.4. The van der Waals surface area contributed by atoms with Gasteiger partial charge in [0.1, 0.15) is 23.3 Å². The van der Waals surface area contributed by atoms with E-state index in [2.05, 4.69) is 10.3 Å². The number of ether oxygens (including phenoxy) is 1. The van der Waals surface area contributed by atoms with Crippen molar-refractivity contribution in [3.8, 4) is 17.1 Å². The van der Waals surface area contributed by atoms with E-state index >= 15 is 0 Å². The Labute approximate surface area is 201 Å². The maximum Gasteiger partial charge on any atom is 0.337 e.